The van der Waals surface area contributed by atoms with E-state index in [1.54, 1.807) is 11.8 Å². The largest absolute Gasteiger partial charge is 0.488 e. The fourth-order valence-electron chi connectivity index (χ4n) is 11.5. The Morgan fingerprint density at radius 1 is 0.944 bits per heavy atom. The number of imide groups is 1. The Balaban J connectivity index is 0.792. The molecular formula is C55H60F2N8O6. The van der Waals surface area contributed by atoms with E-state index in [4.69, 9.17) is 15.2 Å². The zero-order valence-electron chi connectivity index (χ0n) is 40.3. The van der Waals surface area contributed by atoms with Crippen LogP contribution in [0.4, 0.5) is 25.1 Å². The molecule has 14 nitrogen and oxygen atoms in total. The maximum absolute atomic E-state index is 16.5. The van der Waals surface area contributed by atoms with Crippen molar-refractivity contribution in [2.75, 3.05) is 62.3 Å². The van der Waals surface area contributed by atoms with Crippen molar-refractivity contribution in [1.82, 2.24) is 25.3 Å². The molecule has 2 atom stereocenters. The summed E-state index contributed by atoms with van der Waals surface area (Å²) in [7, 11) is 1.90. The minimum Gasteiger partial charge on any atom is -0.488 e. The molecule has 370 valence electrons. The molecule has 0 spiro atoms. The number of anilines is 2. The summed E-state index contributed by atoms with van der Waals surface area (Å²) >= 11 is 0. The van der Waals surface area contributed by atoms with E-state index in [1.807, 2.05) is 49.0 Å². The number of piperidine rings is 2. The van der Waals surface area contributed by atoms with Crippen LogP contribution in [0.2, 0.25) is 0 Å². The van der Waals surface area contributed by atoms with Crippen molar-refractivity contribution in [2.24, 2.45) is 12.8 Å². The Morgan fingerprint density at radius 2 is 1.72 bits per heavy atom. The van der Waals surface area contributed by atoms with Gasteiger partial charge in [0.25, 0.3) is 0 Å². The smallest absolute Gasteiger partial charge is 0.329 e. The number of fused-ring (bicyclic) bond motifs is 2. The predicted molar refractivity (Wildman–Crippen MR) is 268 cm³/mol. The number of aryl methyl sites for hydroxylation is 1. The zero-order valence-corrected chi connectivity index (χ0v) is 40.3. The number of nitrogens with two attached hydrogens (primary N) is 1. The molecule has 5 N–H and O–H groups in total. The molecule has 6 aromatic rings. The second-order valence-corrected chi connectivity index (χ2v) is 19.4. The number of primary amides is 1. The van der Waals surface area contributed by atoms with Gasteiger partial charge in [0.15, 0.2) is 23.0 Å². The van der Waals surface area contributed by atoms with E-state index in [9.17, 15) is 19.5 Å². The van der Waals surface area contributed by atoms with E-state index in [0.717, 1.165) is 73.9 Å². The quantitative estimate of drug-likeness (QED) is 0.0847. The number of likely N-dealkylation sites (tertiary alicyclic amines) is 1. The lowest BCUT2D eigenvalue weighted by Gasteiger charge is -2.42. The molecule has 1 aromatic heterocycles. The predicted octanol–water partition coefficient (Wildman–Crippen LogP) is 7.77. The van der Waals surface area contributed by atoms with Crippen LogP contribution in [0, 0.1) is 18.6 Å². The molecule has 0 saturated carbocycles. The third-order valence-electron chi connectivity index (χ3n) is 15.3. The second-order valence-electron chi connectivity index (χ2n) is 19.4. The summed E-state index contributed by atoms with van der Waals surface area (Å²) in [6.45, 7) is 8.16. The van der Waals surface area contributed by atoms with Gasteiger partial charge in [-0.2, -0.15) is 5.10 Å². The topological polar surface area (TPSA) is 168 Å². The summed E-state index contributed by atoms with van der Waals surface area (Å²) in [4.78, 5) is 43.9. The van der Waals surface area contributed by atoms with E-state index in [0.29, 0.717) is 43.0 Å². The summed E-state index contributed by atoms with van der Waals surface area (Å²) in [6, 6.07) is 28.9. The van der Waals surface area contributed by atoms with Gasteiger partial charge in [-0.3, -0.25) is 24.5 Å². The Morgan fingerprint density at radius 3 is 2.45 bits per heavy atom. The number of halogens is 2. The van der Waals surface area contributed by atoms with Crippen molar-refractivity contribution < 1.29 is 37.7 Å². The van der Waals surface area contributed by atoms with Crippen LogP contribution in [-0.2, 0) is 24.0 Å². The Hall–Kier alpha value is -6.88. The number of hydrogen-bond acceptors (Lipinski definition) is 10. The second kappa shape index (κ2) is 19.7. The van der Waals surface area contributed by atoms with Gasteiger partial charge in [0.1, 0.15) is 18.2 Å². The SMILES string of the molecule is Cc1c(F)cc2c(c1-c1c(C(N)=O)ccc(OCCO)c1F)C(C)C(CNCc1cccc(N3CCC(N4CCC(c5ccc6c(N7CCC(=O)NC7=O)nn(C)c6c5)CC4)CC3)c1)(c1ccccc1)O2. The number of rotatable bonds is 14. The highest BCUT2D eigenvalue weighted by atomic mass is 19.1. The molecule has 5 heterocycles. The number of nitrogens with zero attached hydrogens (tertiary/aromatic N) is 5. The van der Waals surface area contributed by atoms with Gasteiger partial charge in [-0.15, -0.1) is 0 Å². The molecule has 10 rings (SSSR count). The number of benzene rings is 5. The van der Waals surface area contributed by atoms with Crippen LogP contribution in [0.1, 0.15) is 89.0 Å². The first-order valence-corrected chi connectivity index (χ1v) is 24.7. The van der Waals surface area contributed by atoms with Gasteiger partial charge >= 0.3 is 6.03 Å². The number of nitrogens with one attached hydrogen (secondary N) is 2. The van der Waals surface area contributed by atoms with Gasteiger partial charge in [0, 0.05) is 86.4 Å². The maximum atomic E-state index is 16.5. The number of ether oxygens (including phenoxy) is 2. The molecule has 5 aromatic carbocycles. The van der Waals surface area contributed by atoms with Gasteiger partial charge in [-0.05, 0) is 116 Å². The van der Waals surface area contributed by atoms with E-state index in [1.165, 1.54) is 29.4 Å². The summed E-state index contributed by atoms with van der Waals surface area (Å²) in [5.74, 6) is -2.02. The number of aromatic nitrogens is 2. The number of aliphatic hydroxyl groups excluding tert-OH is 1. The van der Waals surface area contributed by atoms with Gasteiger partial charge in [-0.25, -0.2) is 13.6 Å². The van der Waals surface area contributed by atoms with Crippen molar-refractivity contribution >= 4 is 40.3 Å². The van der Waals surface area contributed by atoms with Crippen LogP contribution in [0.5, 0.6) is 11.5 Å². The summed E-state index contributed by atoms with van der Waals surface area (Å²) < 4.78 is 46.7. The minimum atomic E-state index is -1.05. The molecule has 3 fully saturated rings. The van der Waals surface area contributed by atoms with Crippen molar-refractivity contribution in [3.05, 3.63) is 136 Å². The van der Waals surface area contributed by atoms with Crippen LogP contribution in [0.15, 0.2) is 91.0 Å². The van der Waals surface area contributed by atoms with Crippen LogP contribution in [0.25, 0.3) is 22.0 Å². The molecule has 0 radical (unpaired) electrons. The molecule has 2 unspecified atom stereocenters. The van der Waals surface area contributed by atoms with Gasteiger partial charge in [-0.1, -0.05) is 55.5 Å². The molecule has 4 amide bonds. The van der Waals surface area contributed by atoms with E-state index < -0.39 is 35.1 Å². The number of hydrogen-bond donors (Lipinski definition) is 4. The Bertz CT molecular complexity index is 3000. The molecule has 4 aliphatic heterocycles. The van der Waals surface area contributed by atoms with E-state index in [-0.39, 0.29) is 59.3 Å². The zero-order chi connectivity index (χ0) is 49.6. The molecule has 4 aliphatic rings. The Labute approximate surface area is 411 Å². The molecule has 16 heteroatoms. The lowest BCUT2D eigenvalue weighted by atomic mass is 9.76. The van der Waals surface area contributed by atoms with Crippen LogP contribution < -0.4 is 35.6 Å². The fourth-order valence-corrected chi connectivity index (χ4v) is 11.5. The molecule has 0 bridgehead atoms. The number of urea groups is 1. The first-order valence-electron chi connectivity index (χ1n) is 24.7. The average molecular weight is 967 g/mol. The van der Waals surface area contributed by atoms with Crippen LogP contribution in [-0.4, -0.2) is 96.2 Å². The average Bonchev–Trinajstić information content (AvgIpc) is 3.86. The summed E-state index contributed by atoms with van der Waals surface area (Å²) in [5.41, 5.74) is 10.8. The molecule has 71 heavy (non-hydrogen) atoms. The van der Waals surface area contributed by atoms with E-state index in [2.05, 4.69) is 68.0 Å². The van der Waals surface area contributed by atoms with E-state index >= 15 is 8.78 Å². The highest BCUT2D eigenvalue weighted by molar-refractivity contribution is 6.09. The maximum Gasteiger partial charge on any atom is 0.329 e. The van der Waals surface area contributed by atoms with Crippen molar-refractivity contribution in [1.29, 1.82) is 0 Å². The summed E-state index contributed by atoms with van der Waals surface area (Å²) in [6.07, 6.45) is 4.56. The molecule has 0 aliphatic carbocycles. The fraction of sp³-hybridized carbons (Fsp3) is 0.382. The molecule has 3 saturated heterocycles. The Kier molecular flexibility index (Phi) is 13.3. The van der Waals surface area contributed by atoms with Gasteiger partial charge in [0.2, 0.25) is 11.8 Å². The minimum absolute atomic E-state index is 0.122. The highest BCUT2D eigenvalue weighted by Crippen LogP contribution is 2.55. The number of carbonyl (C=O) groups excluding carboxylic acids is 3. The first kappa shape index (κ1) is 47.8. The normalized spacial score (nSPS) is 20.1. The van der Waals surface area contributed by atoms with Gasteiger partial charge < -0.3 is 35.4 Å². The van der Waals surface area contributed by atoms with Crippen LogP contribution >= 0.6 is 0 Å². The number of carbonyl (C=O) groups is 3. The lowest BCUT2D eigenvalue weighted by molar-refractivity contribution is -0.120. The van der Waals surface area contributed by atoms with Gasteiger partial charge in [0.05, 0.1) is 17.7 Å². The highest BCUT2D eigenvalue weighted by Gasteiger charge is 2.50. The van der Waals surface area contributed by atoms with Crippen molar-refractivity contribution in [2.45, 2.75) is 76.0 Å². The lowest BCUT2D eigenvalue weighted by Crippen LogP contribution is -2.49. The van der Waals surface area contributed by atoms with Crippen molar-refractivity contribution in [3.8, 4) is 22.6 Å². The van der Waals surface area contributed by atoms with Crippen molar-refractivity contribution in [3.63, 3.8) is 0 Å². The third kappa shape index (κ3) is 8.97. The standard InChI is InChI=1S/C55H60F2N8O6/c1-33-43(56)30-46-49(48(33)50-42(52(58)68)14-15-45(51(50)57)70-27-26-66)34(2)55(71-46,38-9-5-4-6-10-38)32-59-31-35-8-7-11-40(28-35)64-23-18-39(19-24-64)63-21-16-36(17-22-63)37-12-13-41-44(29-37)62(3)61-53(41)65-25-20-47(67)60-54(65)69/h4-15,28-30,34,36,39,59,66H,16-27,31-32H2,1-3H3,(H2,58,68)(H,60,67,69). The van der Waals surface area contributed by atoms with Crippen LogP contribution in [0.3, 0.4) is 0 Å². The first-order chi connectivity index (χ1) is 34.3. The number of amides is 4. The monoisotopic (exact) mass is 966 g/mol. The molecular weight excluding hydrogens is 907 g/mol. The third-order valence-corrected chi connectivity index (χ3v) is 15.3. The summed E-state index contributed by atoms with van der Waals surface area (Å²) in [5, 5.41) is 21.0. The number of aliphatic hydroxyl groups is 1.